The summed E-state index contributed by atoms with van der Waals surface area (Å²) >= 11 is 0. The Morgan fingerprint density at radius 2 is 2.00 bits per heavy atom. The van der Waals surface area contributed by atoms with Gasteiger partial charge in [-0.2, -0.15) is 13.2 Å². The molecule has 0 radical (unpaired) electrons. The highest BCUT2D eigenvalue weighted by Crippen LogP contribution is 2.20. The van der Waals surface area contributed by atoms with Gasteiger partial charge in [-0.15, -0.1) is 0 Å². The summed E-state index contributed by atoms with van der Waals surface area (Å²) < 4.78 is 36.5. The van der Waals surface area contributed by atoms with Crippen molar-refractivity contribution in [3.05, 3.63) is 23.4 Å². The molecule has 1 N–H and O–H groups in total. The lowest BCUT2D eigenvalue weighted by molar-refractivity contribution is -0.119. The standard InChI is InChI=1S/C10H13F3N2O/c1-7-3-8(5-16)4-9(14-7)15(2)6-10(11,12)13/h3-4,16H,5-6H2,1-2H3. The summed E-state index contributed by atoms with van der Waals surface area (Å²) in [7, 11) is 1.32. The van der Waals surface area contributed by atoms with Gasteiger partial charge in [0.25, 0.3) is 0 Å². The molecule has 0 aliphatic heterocycles. The van der Waals surface area contributed by atoms with Crippen LogP contribution in [-0.2, 0) is 6.61 Å². The average molecular weight is 234 g/mol. The number of anilines is 1. The molecule has 1 heterocycles. The maximum absolute atomic E-state index is 12.2. The average Bonchev–Trinajstić information content (AvgIpc) is 2.14. The number of aliphatic hydroxyl groups excluding tert-OH is 1. The predicted octanol–water partition coefficient (Wildman–Crippen LogP) is 1.88. The summed E-state index contributed by atoms with van der Waals surface area (Å²) in [6, 6.07) is 3.07. The van der Waals surface area contributed by atoms with Crippen LogP contribution in [0.2, 0.25) is 0 Å². The molecule has 0 bridgehead atoms. The van der Waals surface area contributed by atoms with E-state index in [4.69, 9.17) is 5.11 Å². The number of rotatable bonds is 3. The molecular formula is C10H13F3N2O. The van der Waals surface area contributed by atoms with Crippen molar-refractivity contribution >= 4 is 5.82 Å². The zero-order chi connectivity index (χ0) is 12.3. The molecule has 0 saturated carbocycles. The number of aryl methyl sites for hydroxylation is 1. The van der Waals surface area contributed by atoms with E-state index in [1.807, 2.05) is 0 Å². The Morgan fingerprint density at radius 1 is 1.38 bits per heavy atom. The zero-order valence-electron chi connectivity index (χ0n) is 9.04. The van der Waals surface area contributed by atoms with E-state index < -0.39 is 12.7 Å². The lowest BCUT2D eigenvalue weighted by atomic mass is 10.2. The second-order valence-electron chi connectivity index (χ2n) is 3.60. The minimum atomic E-state index is -4.26. The Labute approximate surface area is 91.5 Å². The molecule has 1 rings (SSSR count). The van der Waals surface area contributed by atoms with Crippen molar-refractivity contribution in [2.45, 2.75) is 19.7 Å². The van der Waals surface area contributed by atoms with Crippen LogP contribution in [0.3, 0.4) is 0 Å². The van der Waals surface area contributed by atoms with Crippen LogP contribution in [0.4, 0.5) is 19.0 Å². The molecule has 3 nitrogen and oxygen atoms in total. The molecule has 0 aliphatic rings. The Hall–Kier alpha value is -1.30. The Bertz CT molecular complexity index is 366. The first-order valence-electron chi connectivity index (χ1n) is 4.68. The van der Waals surface area contributed by atoms with Crippen molar-refractivity contribution in [2.24, 2.45) is 0 Å². The maximum Gasteiger partial charge on any atom is 0.405 e. The van der Waals surface area contributed by atoms with E-state index in [1.165, 1.54) is 13.1 Å². The number of halogens is 3. The molecule has 1 aromatic heterocycles. The number of nitrogens with zero attached hydrogens (tertiary/aromatic N) is 2. The number of hydrogen-bond acceptors (Lipinski definition) is 3. The predicted molar refractivity (Wildman–Crippen MR) is 54.2 cm³/mol. The lowest BCUT2D eigenvalue weighted by Crippen LogP contribution is -2.31. The van der Waals surface area contributed by atoms with Crippen LogP contribution in [0.5, 0.6) is 0 Å². The molecule has 0 aliphatic carbocycles. The fourth-order valence-electron chi connectivity index (χ4n) is 1.36. The molecule has 0 unspecified atom stereocenters. The van der Waals surface area contributed by atoms with Crippen molar-refractivity contribution in [2.75, 3.05) is 18.5 Å². The van der Waals surface area contributed by atoms with Gasteiger partial charge in [0.2, 0.25) is 0 Å². The van der Waals surface area contributed by atoms with Crippen LogP contribution in [0.15, 0.2) is 12.1 Å². The van der Waals surface area contributed by atoms with Gasteiger partial charge in [-0.05, 0) is 24.6 Å². The molecule has 0 saturated heterocycles. The monoisotopic (exact) mass is 234 g/mol. The molecule has 16 heavy (non-hydrogen) atoms. The first-order chi connectivity index (χ1) is 7.31. The SMILES string of the molecule is Cc1cc(CO)cc(N(C)CC(F)(F)F)n1. The van der Waals surface area contributed by atoms with Gasteiger partial charge in [-0.3, -0.25) is 0 Å². The Balaban J connectivity index is 2.90. The van der Waals surface area contributed by atoms with Gasteiger partial charge in [0.1, 0.15) is 12.4 Å². The van der Waals surface area contributed by atoms with Crippen molar-refractivity contribution in [1.82, 2.24) is 4.98 Å². The van der Waals surface area contributed by atoms with Crippen molar-refractivity contribution < 1.29 is 18.3 Å². The number of pyridine rings is 1. The molecule has 0 spiro atoms. The van der Waals surface area contributed by atoms with Crippen LogP contribution < -0.4 is 4.90 Å². The molecule has 1 aromatic rings. The number of alkyl halides is 3. The second kappa shape index (κ2) is 4.69. The van der Waals surface area contributed by atoms with Crippen molar-refractivity contribution in [1.29, 1.82) is 0 Å². The quantitative estimate of drug-likeness (QED) is 0.867. The minimum absolute atomic E-state index is 0.210. The number of hydrogen-bond donors (Lipinski definition) is 1. The fraction of sp³-hybridized carbons (Fsp3) is 0.500. The van der Waals surface area contributed by atoms with Gasteiger partial charge >= 0.3 is 6.18 Å². The van der Waals surface area contributed by atoms with Crippen molar-refractivity contribution in [3.63, 3.8) is 0 Å². The van der Waals surface area contributed by atoms with E-state index in [0.717, 1.165) is 4.90 Å². The highest BCUT2D eigenvalue weighted by molar-refractivity contribution is 5.41. The van der Waals surface area contributed by atoms with Gasteiger partial charge in [0.15, 0.2) is 0 Å². The second-order valence-corrected chi connectivity index (χ2v) is 3.60. The van der Waals surface area contributed by atoms with E-state index in [-0.39, 0.29) is 12.4 Å². The van der Waals surface area contributed by atoms with Crippen LogP contribution in [-0.4, -0.2) is 29.9 Å². The molecule has 90 valence electrons. The Morgan fingerprint density at radius 3 is 2.50 bits per heavy atom. The molecule has 6 heteroatoms. The van der Waals surface area contributed by atoms with Gasteiger partial charge in [0.05, 0.1) is 6.61 Å². The summed E-state index contributed by atoms with van der Waals surface area (Å²) in [5.74, 6) is 0.210. The lowest BCUT2D eigenvalue weighted by Gasteiger charge is -2.20. The zero-order valence-corrected chi connectivity index (χ0v) is 9.04. The summed E-state index contributed by atoms with van der Waals surface area (Å²) in [4.78, 5) is 4.99. The third kappa shape index (κ3) is 3.69. The third-order valence-electron chi connectivity index (χ3n) is 1.99. The molecule has 0 amide bonds. The van der Waals surface area contributed by atoms with Gasteiger partial charge in [-0.1, -0.05) is 0 Å². The van der Waals surface area contributed by atoms with E-state index in [2.05, 4.69) is 4.98 Å². The van der Waals surface area contributed by atoms with Gasteiger partial charge in [-0.25, -0.2) is 4.98 Å². The van der Waals surface area contributed by atoms with E-state index in [1.54, 1.807) is 13.0 Å². The third-order valence-corrected chi connectivity index (χ3v) is 1.99. The number of aliphatic hydroxyl groups is 1. The van der Waals surface area contributed by atoms with E-state index in [0.29, 0.717) is 11.3 Å². The maximum atomic E-state index is 12.2. The molecule has 0 aromatic carbocycles. The first kappa shape index (κ1) is 12.8. The minimum Gasteiger partial charge on any atom is -0.392 e. The largest absolute Gasteiger partial charge is 0.405 e. The van der Waals surface area contributed by atoms with Crippen molar-refractivity contribution in [3.8, 4) is 0 Å². The highest BCUT2D eigenvalue weighted by atomic mass is 19.4. The van der Waals surface area contributed by atoms with E-state index >= 15 is 0 Å². The molecule has 0 atom stereocenters. The van der Waals surface area contributed by atoms with Gasteiger partial charge in [0, 0.05) is 12.7 Å². The van der Waals surface area contributed by atoms with Crippen LogP contribution in [0, 0.1) is 6.92 Å². The summed E-state index contributed by atoms with van der Waals surface area (Å²) in [6.07, 6.45) is -4.26. The fourth-order valence-corrected chi connectivity index (χ4v) is 1.36. The van der Waals surface area contributed by atoms with Crippen LogP contribution in [0.25, 0.3) is 0 Å². The first-order valence-corrected chi connectivity index (χ1v) is 4.68. The van der Waals surface area contributed by atoms with E-state index in [9.17, 15) is 13.2 Å². The highest BCUT2D eigenvalue weighted by Gasteiger charge is 2.29. The number of aromatic nitrogens is 1. The summed E-state index contributed by atoms with van der Waals surface area (Å²) in [5, 5.41) is 8.93. The van der Waals surface area contributed by atoms with Crippen LogP contribution >= 0.6 is 0 Å². The molecule has 0 fully saturated rings. The smallest absolute Gasteiger partial charge is 0.392 e. The Kier molecular flexibility index (Phi) is 3.74. The normalized spacial score (nSPS) is 11.6. The molecular weight excluding hydrogens is 221 g/mol. The van der Waals surface area contributed by atoms with Crippen LogP contribution in [0.1, 0.15) is 11.3 Å². The summed E-state index contributed by atoms with van der Waals surface area (Å²) in [5.41, 5.74) is 1.13. The topological polar surface area (TPSA) is 36.4 Å². The summed E-state index contributed by atoms with van der Waals surface area (Å²) in [6.45, 7) is 0.397. The van der Waals surface area contributed by atoms with Gasteiger partial charge < -0.3 is 10.0 Å².